The molecule has 6 nitrogen and oxygen atoms in total. The van der Waals surface area contributed by atoms with E-state index < -0.39 is 0 Å². The normalized spacial score (nSPS) is 15.1. The first-order valence-electron chi connectivity index (χ1n) is 9.44. The molecule has 6 heteroatoms. The number of ether oxygens (including phenoxy) is 2. The molecule has 1 aromatic carbocycles. The van der Waals surface area contributed by atoms with Gasteiger partial charge in [0.2, 0.25) is 11.8 Å². The summed E-state index contributed by atoms with van der Waals surface area (Å²) in [5.41, 5.74) is 0.872. The van der Waals surface area contributed by atoms with Crippen LogP contribution < -0.4 is 9.47 Å². The smallest absolute Gasteiger partial charge is 0.246 e. The Morgan fingerprint density at radius 3 is 2.48 bits per heavy atom. The van der Waals surface area contributed by atoms with E-state index in [0.717, 1.165) is 12.0 Å². The highest BCUT2D eigenvalue weighted by molar-refractivity contribution is 5.92. The van der Waals surface area contributed by atoms with Gasteiger partial charge in [-0.05, 0) is 36.1 Å². The molecule has 2 rings (SSSR count). The van der Waals surface area contributed by atoms with E-state index in [1.807, 2.05) is 18.2 Å². The van der Waals surface area contributed by atoms with Crippen molar-refractivity contribution in [1.82, 2.24) is 9.80 Å². The Balaban J connectivity index is 2.00. The molecular weight excluding hydrogens is 344 g/mol. The van der Waals surface area contributed by atoms with Crippen LogP contribution in [0, 0.1) is 5.92 Å². The summed E-state index contributed by atoms with van der Waals surface area (Å²) in [5, 5.41) is 0. The number of hydrogen-bond acceptors (Lipinski definition) is 4. The van der Waals surface area contributed by atoms with Crippen LogP contribution >= 0.6 is 0 Å². The number of methoxy groups -OCH3 is 1. The largest absolute Gasteiger partial charge is 0.493 e. The van der Waals surface area contributed by atoms with Gasteiger partial charge in [0.15, 0.2) is 11.5 Å². The molecule has 1 saturated heterocycles. The highest BCUT2D eigenvalue weighted by Gasteiger charge is 2.18. The molecule has 1 aromatic rings. The first kappa shape index (κ1) is 20.8. The lowest BCUT2D eigenvalue weighted by molar-refractivity contribution is -0.130. The third-order valence-corrected chi connectivity index (χ3v) is 4.43. The highest BCUT2D eigenvalue weighted by atomic mass is 16.5. The van der Waals surface area contributed by atoms with Crippen molar-refractivity contribution in [2.45, 2.75) is 27.2 Å². The van der Waals surface area contributed by atoms with Crippen LogP contribution in [0.2, 0.25) is 0 Å². The zero-order chi connectivity index (χ0) is 19.8. The lowest BCUT2D eigenvalue weighted by Crippen LogP contribution is -2.35. The van der Waals surface area contributed by atoms with Crippen LogP contribution in [0.15, 0.2) is 24.3 Å². The number of amides is 2. The van der Waals surface area contributed by atoms with Gasteiger partial charge in [-0.2, -0.15) is 0 Å². The average Bonchev–Trinajstić information content (AvgIpc) is 2.91. The third kappa shape index (κ3) is 6.31. The van der Waals surface area contributed by atoms with Gasteiger partial charge in [0.25, 0.3) is 0 Å². The van der Waals surface area contributed by atoms with E-state index in [2.05, 4.69) is 13.8 Å². The molecule has 0 N–H and O–H groups in total. The lowest BCUT2D eigenvalue weighted by Gasteiger charge is -2.20. The fraction of sp³-hybridized carbons (Fsp3) is 0.524. The Morgan fingerprint density at radius 2 is 1.81 bits per heavy atom. The molecule has 1 fully saturated rings. The van der Waals surface area contributed by atoms with Crippen LogP contribution in [-0.4, -0.2) is 61.5 Å². The van der Waals surface area contributed by atoms with Gasteiger partial charge in [-0.1, -0.05) is 19.9 Å². The number of benzene rings is 1. The van der Waals surface area contributed by atoms with Gasteiger partial charge in [-0.25, -0.2) is 0 Å². The van der Waals surface area contributed by atoms with Crippen molar-refractivity contribution in [3.05, 3.63) is 29.8 Å². The molecule has 0 atom stereocenters. The predicted octanol–water partition coefficient (Wildman–Crippen LogP) is 2.82. The summed E-state index contributed by atoms with van der Waals surface area (Å²) in [7, 11) is 1.61. The Labute approximate surface area is 161 Å². The van der Waals surface area contributed by atoms with Gasteiger partial charge >= 0.3 is 0 Å². The Morgan fingerprint density at radius 1 is 1.11 bits per heavy atom. The van der Waals surface area contributed by atoms with Crippen molar-refractivity contribution >= 4 is 17.9 Å². The van der Waals surface area contributed by atoms with Gasteiger partial charge in [-0.3, -0.25) is 9.59 Å². The minimum atomic E-state index is -0.0421. The highest BCUT2D eigenvalue weighted by Crippen LogP contribution is 2.29. The molecule has 27 heavy (non-hydrogen) atoms. The van der Waals surface area contributed by atoms with E-state index in [-0.39, 0.29) is 11.8 Å². The summed E-state index contributed by atoms with van der Waals surface area (Å²) in [6.07, 6.45) is 4.16. The van der Waals surface area contributed by atoms with E-state index in [1.165, 1.54) is 0 Å². The summed E-state index contributed by atoms with van der Waals surface area (Å²) in [6, 6.07) is 5.63. The Hall–Kier alpha value is -2.50. The van der Waals surface area contributed by atoms with Crippen molar-refractivity contribution in [1.29, 1.82) is 0 Å². The number of carbonyl (C=O) groups is 2. The van der Waals surface area contributed by atoms with Crippen LogP contribution in [0.25, 0.3) is 6.08 Å². The number of hydrogen-bond donors (Lipinski definition) is 0. The Kier molecular flexibility index (Phi) is 7.70. The van der Waals surface area contributed by atoms with Gasteiger partial charge in [0.05, 0.1) is 13.7 Å². The fourth-order valence-electron chi connectivity index (χ4n) is 2.89. The van der Waals surface area contributed by atoms with E-state index in [9.17, 15) is 9.59 Å². The standard InChI is InChI=1S/C21H30N2O4/c1-16(2)15-27-19-8-6-18(14-20(19)26-4)7-9-21(25)23-11-5-10-22(12-13-23)17(3)24/h6-9,14,16H,5,10-13,15H2,1-4H3/b9-7+. The molecule has 1 aliphatic heterocycles. The zero-order valence-corrected chi connectivity index (χ0v) is 16.7. The Bertz CT molecular complexity index is 685. The lowest BCUT2D eigenvalue weighted by atomic mass is 10.1. The maximum absolute atomic E-state index is 12.5. The molecule has 0 spiro atoms. The van der Waals surface area contributed by atoms with Crippen LogP contribution in [-0.2, 0) is 9.59 Å². The quantitative estimate of drug-likeness (QED) is 0.719. The molecule has 0 aliphatic carbocycles. The average molecular weight is 374 g/mol. The van der Waals surface area contributed by atoms with Gasteiger partial charge in [-0.15, -0.1) is 0 Å². The minimum absolute atomic E-state index is 0.0421. The molecule has 0 radical (unpaired) electrons. The number of nitrogens with zero attached hydrogens (tertiary/aromatic N) is 2. The number of rotatable bonds is 6. The second-order valence-electron chi connectivity index (χ2n) is 7.13. The van der Waals surface area contributed by atoms with Gasteiger partial charge in [0, 0.05) is 39.2 Å². The van der Waals surface area contributed by atoms with Gasteiger partial charge in [0.1, 0.15) is 0 Å². The molecule has 1 heterocycles. The predicted molar refractivity (Wildman–Crippen MR) is 106 cm³/mol. The molecule has 0 aromatic heterocycles. The van der Waals surface area contributed by atoms with Gasteiger partial charge < -0.3 is 19.3 Å². The maximum atomic E-state index is 12.5. The van der Waals surface area contributed by atoms with Crippen molar-refractivity contribution in [2.75, 3.05) is 39.9 Å². The van der Waals surface area contributed by atoms with Crippen LogP contribution in [0.4, 0.5) is 0 Å². The molecule has 0 bridgehead atoms. The maximum Gasteiger partial charge on any atom is 0.246 e. The molecule has 0 saturated carbocycles. The second-order valence-corrected chi connectivity index (χ2v) is 7.13. The molecule has 0 unspecified atom stereocenters. The van der Waals surface area contributed by atoms with Crippen molar-refractivity contribution in [3.63, 3.8) is 0 Å². The second kappa shape index (κ2) is 10.00. The van der Waals surface area contributed by atoms with E-state index in [4.69, 9.17) is 9.47 Å². The third-order valence-electron chi connectivity index (χ3n) is 4.43. The zero-order valence-electron chi connectivity index (χ0n) is 16.7. The van der Waals surface area contributed by atoms with Crippen molar-refractivity contribution in [2.24, 2.45) is 5.92 Å². The summed E-state index contributed by atoms with van der Waals surface area (Å²) in [6.45, 7) is 8.89. The van der Waals surface area contributed by atoms with Crippen molar-refractivity contribution in [3.8, 4) is 11.5 Å². The summed E-state index contributed by atoms with van der Waals surface area (Å²) < 4.78 is 11.2. The summed E-state index contributed by atoms with van der Waals surface area (Å²) in [4.78, 5) is 27.6. The molecule has 2 amide bonds. The van der Waals surface area contributed by atoms with E-state index in [0.29, 0.717) is 50.2 Å². The van der Waals surface area contributed by atoms with Crippen LogP contribution in [0.5, 0.6) is 11.5 Å². The number of carbonyl (C=O) groups excluding carboxylic acids is 2. The minimum Gasteiger partial charge on any atom is -0.493 e. The topological polar surface area (TPSA) is 59.1 Å². The summed E-state index contributed by atoms with van der Waals surface area (Å²) >= 11 is 0. The molecule has 148 valence electrons. The SMILES string of the molecule is COc1cc(/C=C/C(=O)N2CCCN(C(C)=O)CC2)ccc1OCC(C)C. The molecule has 1 aliphatic rings. The summed E-state index contributed by atoms with van der Waals surface area (Å²) in [5.74, 6) is 1.80. The van der Waals surface area contributed by atoms with Crippen molar-refractivity contribution < 1.29 is 19.1 Å². The van der Waals surface area contributed by atoms with Crippen LogP contribution in [0.1, 0.15) is 32.8 Å². The fourth-order valence-corrected chi connectivity index (χ4v) is 2.89. The van der Waals surface area contributed by atoms with E-state index in [1.54, 1.807) is 36.0 Å². The van der Waals surface area contributed by atoms with E-state index >= 15 is 0 Å². The molecular formula is C21H30N2O4. The van der Waals surface area contributed by atoms with Crippen LogP contribution in [0.3, 0.4) is 0 Å². The monoisotopic (exact) mass is 374 g/mol. The first-order chi connectivity index (χ1) is 12.9. The first-order valence-corrected chi connectivity index (χ1v) is 9.44.